The second-order valence-corrected chi connectivity index (χ2v) is 4.48. The maximum Gasteiger partial charge on any atom is 0.304 e. The van der Waals surface area contributed by atoms with Crippen LogP contribution >= 0.6 is 0 Å². The van der Waals surface area contributed by atoms with Crippen molar-refractivity contribution in [3.63, 3.8) is 0 Å². The van der Waals surface area contributed by atoms with Gasteiger partial charge in [-0.2, -0.15) is 0 Å². The van der Waals surface area contributed by atoms with Gasteiger partial charge in [-0.15, -0.1) is 0 Å². The number of aromatic amines is 1. The van der Waals surface area contributed by atoms with Crippen molar-refractivity contribution in [3.8, 4) is 0 Å². The van der Waals surface area contributed by atoms with Gasteiger partial charge in [0.15, 0.2) is 0 Å². The molecule has 1 aliphatic rings. The van der Waals surface area contributed by atoms with Crippen LogP contribution in [0, 0.1) is 0 Å². The number of fused-ring (bicyclic) bond motifs is 1. The summed E-state index contributed by atoms with van der Waals surface area (Å²) in [4.78, 5) is 18.1. The van der Waals surface area contributed by atoms with E-state index < -0.39 is 5.97 Å². The number of H-pyrrole nitrogens is 1. The molecule has 0 atom stereocenters. The first-order chi connectivity index (χ1) is 8.20. The molecule has 0 bridgehead atoms. The van der Waals surface area contributed by atoms with E-state index in [1.54, 1.807) is 6.33 Å². The number of ether oxygens (including phenoxy) is 1. The quantitative estimate of drug-likeness (QED) is 0.836. The van der Waals surface area contributed by atoms with Crippen molar-refractivity contribution in [1.29, 1.82) is 0 Å². The standard InChI is InChI=1S/C12H12N2O3/c15-11(16)4-12(5-17-6-12)8-1-2-9-10(3-8)14-7-13-9/h1-3,7H,4-6H2,(H,13,14)(H,15,16). The summed E-state index contributed by atoms with van der Waals surface area (Å²) in [5.41, 5.74) is 2.45. The van der Waals surface area contributed by atoms with Gasteiger partial charge in [0.05, 0.1) is 42.4 Å². The molecule has 17 heavy (non-hydrogen) atoms. The highest BCUT2D eigenvalue weighted by atomic mass is 16.5. The molecule has 0 unspecified atom stereocenters. The van der Waals surface area contributed by atoms with Crippen LogP contribution in [0.4, 0.5) is 0 Å². The maximum atomic E-state index is 10.9. The molecule has 0 saturated carbocycles. The normalized spacial score (nSPS) is 17.9. The SMILES string of the molecule is O=C(O)CC1(c2ccc3nc[nH]c3c2)COC1. The van der Waals surface area contributed by atoms with Gasteiger partial charge < -0.3 is 14.8 Å². The molecule has 0 amide bonds. The number of benzene rings is 1. The smallest absolute Gasteiger partial charge is 0.304 e. The van der Waals surface area contributed by atoms with Gasteiger partial charge >= 0.3 is 5.97 Å². The summed E-state index contributed by atoms with van der Waals surface area (Å²) in [5.74, 6) is -0.794. The summed E-state index contributed by atoms with van der Waals surface area (Å²) in [6.07, 6.45) is 1.74. The molecule has 5 heteroatoms. The lowest BCUT2D eigenvalue weighted by Crippen LogP contribution is -2.48. The van der Waals surface area contributed by atoms with Gasteiger partial charge in [0.25, 0.3) is 0 Å². The Kier molecular flexibility index (Phi) is 2.16. The molecule has 2 aromatic rings. The second-order valence-electron chi connectivity index (χ2n) is 4.48. The van der Waals surface area contributed by atoms with E-state index in [4.69, 9.17) is 9.84 Å². The first kappa shape index (κ1) is 10.3. The van der Waals surface area contributed by atoms with Gasteiger partial charge in [-0.3, -0.25) is 4.79 Å². The highest BCUT2D eigenvalue weighted by Gasteiger charge is 2.42. The number of carboxylic acids is 1. The summed E-state index contributed by atoms with van der Waals surface area (Å²) in [7, 11) is 0. The van der Waals surface area contributed by atoms with Crippen molar-refractivity contribution >= 4 is 17.0 Å². The van der Waals surface area contributed by atoms with Crippen LogP contribution in [0.3, 0.4) is 0 Å². The van der Waals surface area contributed by atoms with Crippen LogP contribution in [-0.4, -0.2) is 34.3 Å². The topological polar surface area (TPSA) is 75.2 Å². The molecular weight excluding hydrogens is 220 g/mol. The highest BCUT2D eigenvalue weighted by molar-refractivity contribution is 5.76. The summed E-state index contributed by atoms with van der Waals surface area (Å²) < 4.78 is 5.20. The molecule has 1 fully saturated rings. The fourth-order valence-corrected chi connectivity index (χ4v) is 2.27. The fourth-order valence-electron chi connectivity index (χ4n) is 2.27. The van der Waals surface area contributed by atoms with Gasteiger partial charge in [0, 0.05) is 0 Å². The number of aliphatic carboxylic acids is 1. The van der Waals surface area contributed by atoms with Crippen LogP contribution in [-0.2, 0) is 14.9 Å². The van der Waals surface area contributed by atoms with Crippen LogP contribution in [0.2, 0.25) is 0 Å². The lowest BCUT2D eigenvalue weighted by molar-refractivity contribution is -0.145. The Balaban J connectivity index is 2.03. The summed E-state index contributed by atoms with van der Waals surface area (Å²) in [6, 6.07) is 5.81. The Morgan fingerprint density at radius 3 is 3.00 bits per heavy atom. The fraction of sp³-hybridized carbons (Fsp3) is 0.333. The van der Waals surface area contributed by atoms with Crippen molar-refractivity contribution in [1.82, 2.24) is 9.97 Å². The molecule has 0 spiro atoms. The van der Waals surface area contributed by atoms with Crippen molar-refractivity contribution < 1.29 is 14.6 Å². The number of carbonyl (C=O) groups is 1. The molecular formula is C12H12N2O3. The van der Waals surface area contributed by atoms with Gasteiger partial charge in [0.1, 0.15) is 0 Å². The molecule has 2 heterocycles. The first-order valence-corrected chi connectivity index (χ1v) is 5.43. The Hall–Kier alpha value is -1.88. The van der Waals surface area contributed by atoms with Crippen LogP contribution < -0.4 is 0 Å². The first-order valence-electron chi connectivity index (χ1n) is 5.43. The number of carboxylic acid groups (broad SMARTS) is 1. The van der Waals surface area contributed by atoms with Crippen LogP contribution in [0.1, 0.15) is 12.0 Å². The van der Waals surface area contributed by atoms with Crippen LogP contribution in [0.15, 0.2) is 24.5 Å². The van der Waals surface area contributed by atoms with E-state index >= 15 is 0 Å². The van der Waals surface area contributed by atoms with E-state index in [9.17, 15) is 4.79 Å². The summed E-state index contributed by atoms with van der Waals surface area (Å²) in [6.45, 7) is 0.942. The minimum Gasteiger partial charge on any atom is -0.481 e. The van der Waals surface area contributed by atoms with Crippen LogP contribution in [0.25, 0.3) is 11.0 Å². The highest BCUT2D eigenvalue weighted by Crippen LogP contribution is 2.36. The van der Waals surface area contributed by atoms with E-state index in [0.717, 1.165) is 16.6 Å². The number of imidazole rings is 1. The van der Waals surface area contributed by atoms with Crippen LogP contribution in [0.5, 0.6) is 0 Å². The molecule has 1 saturated heterocycles. The van der Waals surface area contributed by atoms with E-state index in [2.05, 4.69) is 9.97 Å². The van der Waals surface area contributed by atoms with Gasteiger partial charge in [-0.25, -0.2) is 4.98 Å². The predicted octanol–water partition coefficient (Wildman–Crippen LogP) is 1.31. The predicted molar refractivity (Wildman–Crippen MR) is 60.8 cm³/mol. The third-order valence-corrected chi connectivity index (χ3v) is 3.28. The molecule has 2 N–H and O–H groups in total. The average molecular weight is 232 g/mol. The minimum atomic E-state index is -0.794. The number of aromatic nitrogens is 2. The maximum absolute atomic E-state index is 10.9. The van der Waals surface area contributed by atoms with Crippen molar-refractivity contribution in [2.75, 3.05) is 13.2 Å². The number of nitrogens with one attached hydrogen (secondary N) is 1. The molecule has 88 valence electrons. The largest absolute Gasteiger partial charge is 0.481 e. The monoisotopic (exact) mass is 232 g/mol. The number of rotatable bonds is 3. The lowest BCUT2D eigenvalue weighted by Gasteiger charge is -2.40. The zero-order chi connectivity index (χ0) is 11.9. The van der Waals surface area contributed by atoms with Gasteiger partial charge in [-0.05, 0) is 17.7 Å². The van der Waals surface area contributed by atoms with E-state index in [-0.39, 0.29) is 11.8 Å². The minimum absolute atomic E-state index is 0.104. The van der Waals surface area contributed by atoms with Crippen molar-refractivity contribution in [2.45, 2.75) is 11.8 Å². The van der Waals surface area contributed by atoms with E-state index in [1.165, 1.54) is 0 Å². The molecule has 5 nitrogen and oxygen atoms in total. The zero-order valence-electron chi connectivity index (χ0n) is 9.14. The second kappa shape index (κ2) is 3.56. The average Bonchev–Trinajstić information content (AvgIpc) is 2.69. The molecule has 1 aliphatic heterocycles. The van der Waals surface area contributed by atoms with E-state index in [1.807, 2.05) is 18.2 Å². The Morgan fingerprint density at radius 1 is 1.53 bits per heavy atom. The third kappa shape index (κ3) is 1.59. The molecule has 0 aliphatic carbocycles. The lowest BCUT2D eigenvalue weighted by atomic mass is 9.76. The van der Waals surface area contributed by atoms with E-state index in [0.29, 0.717) is 13.2 Å². The molecule has 0 radical (unpaired) electrons. The summed E-state index contributed by atoms with van der Waals surface area (Å²) in [5, 5.41) is 8.97. The summed E-state index contributed by atoms with van der Waals surface area (Å²) >= 11 is 0. The molecule has 1 aromatic carbocycles. The van der Waals surface area contributed by atoms with Crippen molar-refractivity contribution in [3.05, 3.63) is 30.1 Å². The van der Waals surface area contributed by atoms with Gasteiger partial charge in [-0.1, -0.05) is 6.07 Å². The Labute approximate surface area is 97.4 Å². The number of nitrogens with zero attached hydrogens (tertiary/aromatic N) is 1. The number of hydrogen-bond acceptors (Lipinski definition) is 3. The number of hydrogen-bond donors (Lipinski definition) is 2. The van der Waals surface area contributed by atoms with Crippen molar-refractivity contribution in [2.24, 2.45) is 0 Å². The van der Waals surface area contributed by atoms with Gasteiger partial charge in [0.2, 0.25) is 0 Å². The third-order valence-electron chi connectivity index (χ3n) is 3.28. The zero-order valence-corrected chi connectivity index (χ0v) is 9.14. The Morgan fingerprint density at radius 2 is 2.35 bits per heavy atom. The molecule has 1 aromatic heterocycles. The Bertz CT molecular complexity index is 572. The molecule has 3 rings (SSSR count).